The summed E-state index contributed by atoms with van der Waals surface area (Å²) >= 11 is 5.71. The van der Waals surface area contributed by atoms with Gasteiger partial charge in [-0.3, -0.25) is 4.79 Å². The van der Waals surface area contributed by atoms with Crippen molar-refractivity contribution in [3.05, 3.63) is 23.5 Å². The van der Waals surface area contributed by atoms with Gasteiger partial charge in [0.1, 0.15) is 11.8 Å². The molecule has 2 heterocycles. The van der Waals surface area contributed by atoms with Crippen LogP contribution in [0.25, 0.3) is 0 Å². The Morgan fingerprint density at radius 3 is 3.06 bits per heavy atom. The van der Waals surface area contributed by atoms with Crippen LogP contribution in [0.5, 0.6) is 0 Å². The first-order valence-electron chi connectivity index (χ1n) is 5.33. The fourth-order valence-electron chi connectivity index (χ4n) is 1.50. The van der Waals surface area contributed by atoms with E-state index < -0.39 is 0 Å². The molecule has 1 aromatic rings. The van der Waals surface area contributed by atoms with Crippen LogP contribution in [0.4, 0.5) is 5.69 Å². The topological polar surface area (TPSA) is 63.2 Å². The van der Waals surface area contributed by atoms with Gasteiger partial charge < -0.3 is 15.4 Å². The fourth-order valence-corrected chi connectivity index (χ4v) is 1.67. The number of pyridine rings is 1. The Balaban J connectivity index is 1.81. The van der Waals surface area contributed by atoms with Crippen LogP contribution < -0.4 is 10.6 Å². The highest BCUT2D eigenvalue weighted by Crippen LogP contribution is 2.15. The number of rotatable bonds is 4. The van der Waals surface area contributed by atoms with Crippen LogP contribution in [0, 0.1) is 0 Å². The molecular formula is C11H14ClN3O2. The summed E-state index contributed by atoms with van der Waals surface area (Å²) in [4.78, 5) is 15.4. The predicted octanol–water partition coefficient (Wildman–Crippen LogP) is 1.05. The van der Waals surface area contributed by atoms with Gasteiger partial charge in [0.05, 0.1) is 5.60 Å². The first-order valence-corrected chi connectivity index (χ1v) is 5.71. The molecule has 2 N–H and O–H groups in total. The van der Waals surface area contributed by atoms with Crippen molar-refractivity contribution in [2.45, 2.75) is 12.5 Å². The average Bonchev–Trinajstić information content (AvgIpc) is 2.24. The van der Waals surface area contributed by atoms with Crippen molar-refractivity contribution < 1.29 is 9.53 Å². The number of ether oxygens (including phenoxy) is 1. The van der Waals surface area contributed by atoms with Gasteiger partial charge in [-0.05, 0) is 19.1 Å². The second-order valence-corrected chi connectivity index (χ2v) is 4.64. The van der Waals surface area contributed by atoms with Crippen LogP contribution in [0.15, 0.2) is 18.3 Å². The highest BCUT2D eigenvalue weighted by Gasteiger charge is 2.32. The van der Waals surface area contributed by atoms with Gasteiger partial charge in [0.15, 0.2) is 0 Å². The predicted molar refractivity (Wildman–Crippen MR) is 65.1 cm³/mol. The van der Waals surface area contributed by atoms with Crippen molar-refractivity contribution in [1.29, 1.82) is 0 Å². The number of anilines is 1. The third-order valence-corrected chi connectivity index (χ3v) is 2.77. The molecule has 0 aliphatic carbocycles. The molecule has 0 atom stereocenters. The number of amides is 1. The lowest BCUT2D eigenvalue weighted by molar-refractivity contribution is -0.130. The fraction of sp³-hybridized carbons (Fsp3) is 0.455. The van der Waals surface area contributed by atoms with Crippen LogP contribution in [0.2, 0.25) is 5.15 Å². The third-order valence-electron chi connectivity index (χ3n) is 2.56. The summed E-state index contributed by atoms with van der Waals surface area (Å²) in [6, 6.07) is 3.27. The van der Waals surface area contributed by atoms with Crippen molar-refractivity contribution in [3.63, 3.8) is 0 Å². The molecule has 5 nitrogen and oxygen atoms in total. The molecule has 92 valence electrons. The van der Waals surface area contributed by atoms with Crippen LogP contribution in [-0.2, 0) is 9.53 Å². The van der Waals surface area contributed by atoms with Crippen LogP contribution in [0.3, 0.4) is 0 Å². The summed E-state index contributed by atoms with van der Waals surface area (Å²) in [5.41, 5.74) is 0.406. The Labute approximate surface area is 105 Å². The highest BCUT2D eigenvalue weighted by atomic mass is 35.5. The van der Waals surface area contributed by atoms with Gasteiger partial charge in [-0.2, -0.15) is 0 Å². The van der Waals surface area contributed by atoms with Crippen molar-refractivity contribution >= 4 is 23.2 Å². The second kappa shape index (κ2) is 5.00. The number of carbonyl (C=O) groups excluding carboxylic acids is 1. The molecule has 1 saturated heterocycles. The Kier molecular flexibility index (Phi) is 3.61. The Hall–Kier alpha value is -1.17. The maximum absolute atomic E-state index is 11.6. The Bertz CT molecular complexity index is 421. The van der Waals surface area contributed by atoms with Gasteiger partial charge in [-0.15, -0.1) is 0 Å². The largest absolute Gasteiger partial charge is 0.363 e. The van der Waals surface area contributed by atoms with E-state index in [1.165, 1.54) is 6.20 Å². The normalized spacial score (nSPS) is 17.3. The van der Waals surface area contributed by atoms with E-state index in [0.29, 0.717) is 10.8 Å². The van der Waals surface area contributed by atoms with Crippen molar-refractivity contribution in [1.82, 2.24) is 10.3 Å². The smallest absolute Gasteiger partial charge is 0.250 e. The molecular weight excluding hydrogens is 242 g/mol. The summed E-state index contributed by atoms with van der Waals surface area (Å²) in [6.07, 6.45) is 1.54. The van der Waals surface area contributed by atoms with Gasteiger partial charge in [0, 0.05) is 25.0 Å². The standard InChI is InChI=1S/C11H14ClN3O2/c1-11(6-13-7-11)17-5-10(16)15-8-2-3-14-9(12)4-8/h2-4,13H,5-7H2,1H3,(H,14,15,16). The van der Waals surface area contributed by atoms with E-state index in [2.05, 4.69) is 15.6 Å². The molecule has 6 heteroatoms. The molecule has 0 saturated carbocycles. The summed E-state index contributed by atoms with van der Waals surface area (Å²) in [5.74, 6) is -0.194. The summed E-state index contributed by atoms with van der Waals surface area (Å²) in [5, 5.41) is 6.14. The Morgan fingerprint density at radius 2 is 2.47 bits per heavy atom. The minimum Gasteiger partial charge on any atom is -0.363 e. The van der Waals surface area contributed by atoms with Crippen LogP contribution >= 0.6 is 11.6 Å². The lowest BCUT2D eigenvalue weighted by Crippen LogP contribution is -2.59. The van der Waals surface area contributed by atoms with Crippen LogP contribution in [-0.4, -0.2) is 36.2 Å². The first-order chi connectivity index (χ1) is 8.07. The molecule has 1 aliphatic rings. The van der Waals surface area contributed by atoms with E-state index in [0.717, 1.165) is 13.1 Å². The van der Waals surface area contributed by atoms with Gasteiger partial charge in [0.2, 0.25) is 5.91 Å². The van der Waals surface area contributed by atoms with E-state index in [9.17, 15) is 4.79 Å². The third kappa shape index (κ3) is 3.39. The lowest BCUT2D eigenvalue weighted by atomic mass is 10.0. The number of hydrogen-bond acceptors (Lipinski definition) is 4. The molecule has 0 unspecified atom stereocenters. The van der Waals surface area contributed by atoms with Gasteiger partial charge in [-0.1, -0.05) is 11.6 Å². The van der Waals surface area contributed by atoms with Gasteiger partial charge in [-0.25, -0.2) is 4.98 Å². The first kappa shape index (κ1) is 12.3. The number of carbonyl (C=O) groups is 1. The molecule has 1 aromatic heterocycles. The van der Waals surface area contributed by atoms with Crippen molar-refractivity contribution in [3.8, 4) is 0 Å². The molecule has 2 rings (SSSR count). The minimum absolute atomic E-state index is 0.0398. The summed E-state index contributed by atoms with van der Waals surface area (Å²) < 4.78 is 5.51. The number of halogens is 1. The van der Waals surface area contributed by atoms with Crippen molar-refractivity contribution in [2.24, 2.45) is 0 Å². The molecule has 1 fully saturated rings. The molecule has 0 bridgehead atoms. The number of nitrogens with zero attached hydrogens (tertiary/aromatic N) is 1. The summed E-state index contributed by atoms with van der Waals surface area (Å²) in [6.45, 7) is 3.57. The lowest BCUT2D eigenvalue weighted by Gasteiger charge is -2.38. The number of nitrogens with one attached hydrogen (secondary N) is 2. The maximum Gasteiger partial charge on any atom is 0.250 e. The van der Waals surface area contributed by atoms with E-state index in [1.807, 2.05) is 6.92 Å². The van der Waals surface area contributed by atoms with E-state index in [-0.39, 0.29) is 18.1 Å². The van der Waals surface area contributed by atoms with E-state index in [1.54, 1.807) is 12.1 Å². The highest BCUT2D eigenvalue weighted by molar-refractivity contribution is 6.29. The minimum atomic E-state index is -0.215. The van der Waals surface area contributed by atoms with Crippen LogP contribution in [0.1, 0.15) is 6.92 Å². The van der Waals surface area contributed by atoms with Crippen molar-refractivity contribution in [2.75, 3.05) is 25.0 Å². The Morgan fingerprint density at radius 1 is 1.71 bits per heavy atom. The zero-order valence-corrected chi connectivity index (χ0v) is 10.3. The number of hydrogen-bond donors (Lipinski definition) is 2. The van der Waals surface area contributed by atoms with E-state index >= 15 is 0 Å². The zero-order valence-electron chi connectivity index (χ0n) is 9.50. The van der Waals surface area contributed by atoms with Gasteiger partial charge in [0.25, 0.3) is 0 Å². The monoisotopic (exact) mass is 255 g/mol. The molecule has 0 radical (unpaired) electrons. The molecule has 17 heavy (non-hydrogen) atoms. The average molecular weight is 256 g/mol. The van der Waals surface area contributed by atoms with Gasteiger partial charge >= 0.3 is 0 Å². The van der Waals surface area contributed by atoms with E-state index in [4.69, 9.17) is 16.3 Å². The maximum atomic E-state index is 11.6. The zero-order chi connectivity index (χ0) is 12.3. The molecule has 0 spiro atoms. The SMILES string of the molecule is CC1(OCC(=O)Nc2ccnc(Cl)c2)CNC1. The molecule has 1 amide bonds. The summed E-state index contributed by atoms with van der Waals surface area (Å²) in [7, 11) is 0. The quantitative estimate of drug-likeness (QED) is 0.790. The number of aromatic nitrogens is 1. The second-order valence-electron chi connectivity index (χ2n) is 4.26. The molecule has 1 aliphatic heterocycles. The molecule has 0 aromatic carbocycles.